The lowest BCUT2D eigenvalue weighted by molar-refractivity contribution is 0.0650. The second kappa shape index (κ2) is 6.16. The Balaban J connectivity index is 2.69. The lowest BCUT2D eigenvalue weighted by Gasteiger charge is -2.08. The van der Waals surface area contributed by atoms with Gasteiger partial charge in [-0.15, -0.1) is 0 Å². The third-order valence-electron chi connectivity index (χ3n) is 2.01. The van der Waals surface area contributed by atoms with Crippen LogP contribution in [0.4, 0.5) is 4.39 Å². The standard InChI is InChI=1S/C9H13FN2O5/c1-16-4-5-17-3-2-12-8(14)6(10)7(13)11-9(12)15/h14H,2-5H2,1H3,(H,11,13,15). The summed E-state index contributed by atoms with van der Waals surface area (Å²) in [7, 11) is 1.51. The number of ether oxygens (including phenoxy) is 2. The van der Waals surface area contributed by atoms with E-state index in [9.17, 15) is 19.1 Å². The fraction of sp³-hybridized carbons (Fsp3) is 0.556. The van der Waals surface area contributed by atoms with E-state index in [0.29, 0.717) is 17.8 Å². The molecule has 0 unspecified atom stereocenters. The van der Waals surface area contributed by atoms with Crippen molar-refractivity contribution in [1.29, 1.82) is 0 Å². The smallest absolute Gasteiger partial charge is 0.331 e. The molecule has 0 aliphatic heterocycles. The Bertz CT molecular complexity index is 481. The van der Waals surface area contributed by atoms with Crippen LogP contribution in [0.15, 0.2) is 9.59 Å². The maximum absolute atomic E-state index is 13.0. The van der Waals surface area contributed by atoms with Gasteiger partial charge < -0.3 is 14.6 Å². The normalized spacial score (nSPS) is 10.7. The summed E-state index contributed by atoms with van der Waals surface area (Å²) in [4.78, 5) is 23.7. The molecule has 2 N–H and O–H groups in total. The number of hydrogen-bond acceptors (Lipinski definition) is 5. The molecule has 0 spiro atoms. The zero-order valence-corrected chi connectivity index (χ0v) is 9.23. The summed E-state index contributed by atoms with van der Waals surface area (Å²) in [6, 6.07) is 0. The molecule has 0 atom stereocenters. The highest BCUT2D eigenvalue weighted by Gasteiger charge is 2.12. The molecule has 0 radical (unpaired) electrons. The molecular formula is C9H13FN2O5. The van der Waals surface area contributed by atoms with Crippen molar-refractivity contribution >= 4 is 0 Å². The van der Waals surface area contributed by atoms with Gasteiger partial charge in [-0.1, -0.05) is 0 Å². The molecule has 7 nitrogen and oxygen atoms in total. The molecule has 1 aromatic heterocycles. The van der Waals surface area contributed by atoms with Gasteiger partial charge in [0.2, 0.25) is 11.7 Å². The third-order valence-corrected chi connectivity index (χ3v) is 2.01. The second-order valence-electron chi connectivity index (χ2n) is 3.15. The summed E-state index contributed by atoms with van der Waals surface area (Å²) in [6.07, 6.45) is 0. The summed E-state index contributed by atoms with van der Waals surface area (Å²) < 4.78 is 23.4. The Hall–Kier alpha value is -1.67. The van der Waals surface area contributed by atoms with E-state index in [0.717, 1.165) is 0 Å². The van der Waals surface area contributed by atoms with Crippen LogP contribution in [0.3, 0.4) is 0 Å². The molecule has 0 saturated heterocycles. The van der Waals surface area contributed by atoms with Crippen LogP contribution in [0.2, 0.25) is 0 Å². The highest BCUT2D eigenvalue weighted by atomic mass is 19.1. The van der Waals surface area contributed by atoms with Crippen molar-refractivity contribution in [3.63, 3.8) is 0 Å². The van der Waals surface area contributed by atoms with Crippen molar-refractivity contribution in [2.75, 3.05) is 26.9 Å². The van der Waals surface area contributed by atoms with E-state index >= 15 is 0 Å². The first-order valence-corrected chi connectivity index (χ1v) is 4.86. The quantitative estimate of drug-likeness (QED) is 0.633. The number of aromatic nitrogens is 2. The first-order chi connectivity index (χ1) is 8.07. The van der Waals surface area contributed by atoms with Crippen LogP contribution < -0.4 is 11.2 Å². The molecule has 0 aliphatic rings. The van der Waals surface area contributed by atoms with Crippen LogP contribution in [-0.2, 0) is 16.0 Å². The van der Waals surface area contributed by atoms with Crippen LogP contribution in [0.1, 0.15) is 0 Å². The number of hydrogen-bond donors (Lipinski definition) is 2. The number of aromatic hydroxyl groups is 1. The number of rotatable bonds is 6. The van der Waals surface area contributed by atoms with Gasteiger partial charge in [0.15, 0.2) is 0 Å². The molecule has 0 amide bonds. The average molecular weight is 248 g/mol. The van der Waals surface area contributed by atoms with Gasteiger partial charge in [-0.25, -0.2) is 4.79 Å². The first-order valence-electron chi connectivity index (χ1n) is 4.86. The van der Waals surface area contributed by atoms with Gasteiger partial charge in [-0.3, -0.25) is 14.3 Å². The van der Waals surface area contributed by atoms with Crippen molar-refractivity contribution in [3.05, 3.63) is 26.7 Å². The predicted octanol–water partition coefficient (Wildman–Crippen LogP) is -0.956. The minimum Gasteiger partial charge on any atom is -0.492 e. The van der Waals surface area contributed by atoms with E-state index in [1.807, 2.05) is 0 Å². The Morgan fingerprint density at radius 3 is 2.71 bits per heavy atom. The summed E-state index contributed by atoms with van der Waals surface area (Å²) >= 11 is 0. The maximum Gasteiger partial charge on any atom is 0.331 e. The molecule has 1 aromatic rings. The van der Waals surface area contributed by atoms with Gasteiger partial charge in [-0.05, 0) is 0 Å². The number of nitrogens with one attached hydrogen (secondary N) is 1. The Morgan fingerprint density at radius 1 is 1.35 bits per heavy atom. The molecule has 17 heavy (non-hydrogen) atoms. The Labute approximate surface area is 95.4 Å². The summed E-state index contributed by atoms with van der Waals surface area (Å²) in [5.41, 5.74) is -2.13. The van der Waals surface area contributed by atoms with Gasteiger partial charge in [0.25, 0.3) is 5.56 Å². The molecule has 0 saturated carbocycles. The van der Waals surface area contributed by atoms with E-state index in [2.05, 4.69) is 0 Å². The van der Waals surface area contributed by atoms with E-state index in [4.69, 9.17) is 9.47 Å². The minimum absolute atomic E-state index is 0.0674. The molecule has 0 aromatic carbocycles. The van der Waals surface area contributed by atoms with Crippen LogP contribution in [0, 0.1) is 5.82 Å². The van der Waals surface area contributed by atoms with Crippen molar-refractivity contribution in [2.45, 2.75) is 6.54 Å². The summed E-state index contributed by atoms with van der Waals surface area (Å²) in [5.74, 6) is -2.38. The first kappa shape index (κ1) is 13.4. The van der Waals surface area contributed by atoms with Crippen molar-refractivity contribution in [2.24, 2.45) is 0 Å². The summed E-state index contributed by atoms with van der Waals surface area (Å²) in [6.45, 7) is 0.725. The van der Waals surface area contributed by atoms with Crippen molar-refractivity contribution in [1.82, 2.24) is 9.55 Å². The van der Waals surface area contributed by atoms with Gasteiger partial charge in [0, 0.05) is 7.11 Å². The second-order valence-corrected chi connectivity index (χ2v) is 3.15. The van der Waals surface area contributed by atoms with Gasteiger partial charge in [0.05, 0.1) is 26.4 Å². The van der Waals surface area contributed by atoms with Gasteiger partial charge in [-0.2, -0.15) is 4.39 Å². The topological polar surface area (TPSA) is 93.6 Å². The lowest BCUT2D eigenvalue weighted by atomic mass is 10.5. The highest BCUT2D eigenvalue weighted by Crippen LogP contribution is 2.06. The number of aromatic amines is 1. The SMILES string of the molecule is COCCOCCn1c(O)c(F)c(=O)[nH]c1=O. The van der Waals surface area contributed by atoms with Gasteiger partial charge in [0.1, 0.15) is 0 Å². The van der Waals surface area contributed by atoms with Crippen LogP contribution in [0.5, 0.6) is 5.88 Å². The molecule has 8 heteroatoms. The average Bonchev–Trinajstić information content (AvgIpc) is 2.30. The third kappa shape index (κ3) is 3.40. The molecule has 0 aliphatic carbocycles. The Morgan fingerprint density at radius 2 is 2.06 bits per heavy atom. The number of H-pyrrole nitrogens is 1. The molecule has 0 bridgehead atoms. The zero-order valence-electron chi connectivity index (χ0n) is 9.23. The summed E-state index contributed by atoms with van der Waals surface area (Å²) in [5, 5.41) is 9.25. The lowest BCUT2D eigenvalue weighted by Crippen LogP contribution is -2.33. The monoisotopic (exact) mass is 248 g/mol. The molecular weight excluding hydrogens is 235 g/mol. The van der Waals surface area contributed by atoms with E-state index in [1.54, 1.807) is 4.98 Å². The molecule has 1 heterocycles. The fourth-order valence-electron chi connectivity index (χ4n) is 1.14. The molecule has 96 valence electrons. The zero-order chi connectivity index (χ0) is 12.8. The molecule has 0 fully saturated rings. The van der Waals surface area contributed by atoms with Crippen LogP contribution in [0.25, 0.3) is 0 Å². The van der Waals surface area contributed by atoms with Crippen molar-refractivity contribution < 1.29 is 19.0 Å². The fourth-order valence-corrected chi connectivity index (χ4v) is 1.14. The van der Waals surface area contributed by atoms with E-state index in [-0.39, 0.29) is 13.2 Å². The van der Waals surface area contributed by atoms with Crippen LogP contribution >= 0.6 is 0 Å². The maximum atomic E-state index is 13.0. The predicted molar refractivity (Wildman–Crippen MR) is 55.6 cm³/mol. The number of nitrogens with zero attached hydrogens (tertiary/aromatic N) is 1. The van der Waals surface area contributed by atoms with Gasteiger partial charge >= 0.3 is 5.69 Å². The van der Waals surface area contributed by atoms with E-state index in [1.165, 1.54) is 7.11 Å². The highest BCUT2D eigenvalue weighted by molar-refractivity contribution is 5.09. The van der Waals surface area contributed by atoms with Crippen LogP contribution in [-0.4, -0.2) is 41.6 Å². The largest absolute Gasteiger partial charge is 0.492 e. The minimum atomic E-state index is -1.39. The number of methoxy groups -OCH3 is 1. The van der Waals surface area contributed by atoms with E-state index < -0.39 is 22.9 Å². The molecule has 1 rings (SSSR count). The van der Waals surface area contributed by atoms with Crippen molar-refractivity contribution in [3.8, 4) is 5.88 Å². The number of halogens is 1. The Kier molecular flexibility index (Phi) is 4.85.